The Balaban J connectivity index is 1.64. The summed E-state index contributed by atoms with van der Waals surface area (Å²) in [5.41, 5.74) is 2.57. The Labute approximate surface area is 163 Å². The molecule has 1 aromatic heterocycles. The lowest BCUT2D eigenvalue weighted by atomic mass is 10.1. The zero-order chi connectivity index (χ0) is 20.1. The van der Waals surface area contributed by atoms with Crippen molar-refractivity contribution in [1.29, 1.82) is 0 Å². The van der Waals surface area contributed by atoms with Gasteiger partial charge < -0.3 is 14.8 Å². The van der Waals surface area contributed by atoms with Gasteiger partial charge >= 0.3 is 5.97 Å². The standard InChI is InChI=1S/C22H22N2O4/c1-14(16-7-5-4-6-8-16)24-21(25)13-28-22(26)19-11-17-9-10-18(27-3)12-20(17)23-15(19)2/h4-12,14H,13H2,1-3H3,(H,24,25). The highest BCUT2D eigenvalue weighted by Crippen LogP contribution is 2.22. The fourth-order valence-corrected chi connectivity index (χ4v) is 2.89. The minimum atomic E-state index is -0.578. The number of fused-ring (bicyclic) bond motifs is 1. The molecule has 0 saturated carbocycles. The number of methoxy groups -OCH3 is 1. The predicted molar refractivity (Wildman–Crippen MR) is 106 cm³/mol. The summed E-state index contributed by atoms with van der Waals surface area (Å²) >= 11 is 0. The lowest BCUT2D eigenvalue weighted by Crippen LogP contribution is -2.31. The average Bonchev–Trinajstić information content (AvgIpc) is 2.71. The van der Waals surface area contributed by atoms with Crippen molar-refractivity contribution in [3.63, 3.8) is 0 Å². The first-order chi connectivity index (χ1) is 13.5. The SMILES string of the molecule is COc1ccc2cc(C(=O)OCC(=O)NC(C)c3ccccc3)c(C)nc2c1. The van der Waals surface area contributed by atoms with Crippen LogP contribution in [-0.2, 0) is 9.53 Å². The second kappa shape index (κ2) is 8.52. The number of esters is 1. The monoisotopic (exact) mass is 378 g/mol. The number of nitrogens with zero attached hydrogens (tertiary/aromatic N) is 1. The number of rotatable bonds is 6. The topological polar surface area (TPSA) is 77.5 Å². The molecule has 0 saturated heterocycles. The van der Waals surface area contributed by atoms with Crippen molar-refractivity contribution in [1.82, 2.24) is 10.3 Å². The lowest BCUT2D eigenvalue weighted by molar-refractivity contribution is -0.124. The number of aryl methyl sites for hydroxylation is 1. The molecule has 144 valence electrons. The smallest absolute Gasteiger partial charge is 0.340 e. The largest absolute Gasteiger partial charge is 0.497 e. The summed E-state index contributed by atoms with van der Waals surface area (Å²) in [5.74, 6) is -0.245. The van der Waals surface area contributed by atoms with Gasteiger partial charge in [0.25, 0.3) is 5.91 Å². The van der Waals surface area contributed by atoms with Crippen LogP contribution in [-0.4, -0.2) is 30.6 Å². The number of carbonyl (C=O) groups excluding carboxylic acids is 2. The second-order valence-corrected chi connectivity index (χ2v) is 6.46. The zero-order valence-electron chi connectivity index (χ0n) is 16.1. The quantitative estimate of drug-likeness (QED) is 0.664. The van der Waals surface area contributed by atoms with Gasteiger partial charge in [0.1, 0.15) is 5.75 Å². The summed E-state index contributed by atoms with van der Waals surface area (Å²) in [6.45, 7) is 3.25. The number of nitrogens with one attached hydrogen (secondary N) is 1. The summed E-state index contributed by atoms with van der Waals surface area (Å²) < 4.78 is 10.4. The average molecular weight is 378 g/mol. The highest BCUT2D eigenvalue weighted by molar-refractivity contribution is 5.96. The summed E-state index contributed by atoms with van der Waals surface area (Å²) in [7, 11) is 1.59. The number of carbonyl (C=O) groups is 2. The molecule has 0 radical (unpaired) electrons. The van der Waals surface area contributed by atoms with Gasteiger partial charge in [-0.05, 0) is 37.6 Å². The Hall–Kier alpha value is -3.41. The molecule has 3 rings (SSSR count). The van der Waals surface area contributed by atoms with Gasteiger partial charge in [-0.2, -0.15) is 0 Å². The molecule has 0 spiro atoms. The van der Waals surface area contributed by atoms with Crippen LogP contribution in [0.1, 0.15) is 34.6 Å². The molecular formula is C22H22N2O4. The van der Waals surface area contributed by atoms with Crippen molar-refractivity contribution < 1.29 is 19.1 Å². The Bertz CT molecular complexity index is 1000. The predicted octanol–water partition coefficient (Wildman–Crippen LogP) is 3.59. The van der Waals surface area contributed by atoms with Crippen LogP contribution < -0.4 is 10.1 Å². The molecule has 0 aliphatic carbocycles. The van der Waals surface area contributed by atoms with Crippen molar-refractivity contribution in [3.05, 3.63) is 71.4 Å². The van der Waals surface area contributed by atoms with Crippen LogP contribution >= 0.6 is 0 Å². The second-order valence-electron chi connectivity index (χ2n) is 6.46. The third kappa shape index (κ3) is 4.46. The van der Waals surface area contributed by atoms with Crippen LogP contribution in [0.5, 0.6) is 5.75 Å². The van der Waals surface area contributed by atoms with Crippen molar-refractivity contribution in [2.75, 3.05) is 13.7 Å². The number of pyridine rings is 1. The Morgan fingerprint density at radius 3 is 2.57 bits per heavy atom. The molecule has 0 bridgehead atoms. The first kappa shape index (κ1) is 19.4. The number of benzene rings is 2. The van der Waals surface area contributed by atoms with Gasteiger partial charge in [-0.1, -0.05) is 30.3 Å². The van der Waals surface area contributed by atoms with Gasteiger partial charge in [-0.15, -0.1) is 0 Å². The van der Waals surface area contributed by atoms with E-state index in [2.05, 4.69) is 10.3 Å². The molecule has 0 aliphatic heterocycles. The van der Waals surface area contributed by atoms with Crippen molar-refractivity contribution in [3.8, 4) is 5.75 Å². The van der Waals surface area contributed by atoms with Crippen LogP contribution in [0.4, 0.5) is 0 Å². The fourth-order valence-electron chi connectivity index (χ4n) is 2.89. The molecule has 6 heteroatoms. The third-order valence-corrected chi connectivity index (χ3v) is 4.45. The Morgan fingerprint density at radius 1 is 1.11 bits per heavy atom. The van der Waals surface area contributed by atoms with Crippen molar-refractivity contribution >= 4 is 22.8 Å². The van der Waals surface area contributed by atoms with Crippen LogP contribution in [0.2, 0.25) is 0 Å². The molecule has 1 N–H and O–H groups in total. The molecule has 0 fully saturated rings. The number of hydrogen-bond donors (Lipinski definition) is 1. The van der Waals surface area contributed by atoms with E-state index in [1.807, 2.05) is 43.3 Å². The lowest BCUT2D eigenvalue weighted by Gasteiger charge is -2.14. The van der Waals surface area contributed by atoms with Crippen LogP contribution in [0.3, 0.4) is 0 Å². The Morgan fingerprint density at radius 2 is 1.86 bits per heavy atom. The van der Waals surface area contributed by atoms with Gasteiger partial charge in [-0.25, -0.2) is 4.79 Å². The summed E-state index contributed by atoms with van der Waals surface area (Å²) in [4.78, 5) is 29.0. The van der Waals surface area contributed by atoms with E-state index in [1.165, 1.54) is 0 Å². The highest BCUT2D eigenvalue weighted by Gasteiger charge is 2.16. The fraction of sp³-hybridized carbons (Fsp3) is 0.227. The maximum Gasteiger partial charge on any atom is 0.340 e. The van der Waals surface area contributed by atoms with E-state index >= 15 is 0 Å². The molecule has 1 unspecified atom stereocenters. The number of amides is 1. The maximum absolute atomic E-state index is 12.4. The van der Waals surface area contributed by atoms with Gasteiger partial charge in [0.15, 0.2) is 6.61 Å². The maximum atomic E-state index is 12.4. The van der Waals surface area contributed by atoms with E-state index in [0.29, 0.717) is 17.0 Å². The van der Waals surface area contributed by atoms with Crippen LogP contribution in [0.25, 0.3) is 10.9 Å². The molecule has 1 atom stereocenters. The van der Waals surface area contributed by atoms with Crippen LogP contribution in [0, 0.1) is 6.92 Å². The molecule has 1 amide bonds. The first-order valence-electron chi connectivity index (χ1n) is 8.94. The molecular weight excluding hydrogens is 356 g/mol. The molecule has 2 aromatic carbocycles. The summed E-state index contributed by atoms with van der Waals surface area (Å²) in [6.07, 6.45) is 0. The van der Waals surface area contributed by atoms with E-state index in [-0.39, 0.29) is 18.6 Å². The van der Waals surface area contributed by atoms with Crippen molar-refractivity contribution in [2.24, 2.45) is 0 Å². The molecule has 1 heterocycles. The van der Waals surface area contributed by atoms with Gasteiger partial charge in [-0.3, -0.25) is 9.78 Å². The van der Waals surface area contributed by atoms with Crippen LogP contribution in [0.15, 0.2) is 54.6 Å². The molecule has 0 aliphatic rings. The molecule has 3 aromatic rings. The number of hydrogen-bond acceptors (Lipinski definition) is 5. The van der Waals surface area contributed by atoms with Gasteiger partial charge in [0.2, 0.25) is 0 Å². The van der Waals surface area contributed by atoms with E-state index < -0.39 is 5.97 Å². The Kier molecular flexibility index (Phi) is 5.89. The van der Waals surface area contributed by atoms with E-state index in [4.69, 9.17) is 9.47 Å². The minimum Gasteiger partial charge on any atom is -0.497 e. The normalized spacial score (nSPS) is 11.7. The van der Waals surface area contributed by atoms with E-state index in [9.17, 15) is 9.59 Å². The third-order valence-electron chi connectivity index (χ3n) is 4.45. The van der Waals surface area contributed by atoms with E-state index in [0.717, 1.165) is 16.5 Å². The minimum absolute atomic E-state index is 0.175. The van der Waals surface area contributed by atoms with E-state index in [1.54, 1.807) is 32.2 Å². The van der Waals surface area contributed by atoms with Gasteiger partial charge in [0.05, 0.1) is 29.9 Å². The van der Waals surface area contributed by atoms with Gasteiger partial charge in [0, 0.05) is 11.5 Å². The summed E-state index contributed by atoms with van der Waals surface area (Å²) in [6, 6.07) is 16.5. The molecule has 6 nitrogen and oxygen atoms in total. The number of aromatic nitrogens is 1. The summed E-state index contributed by atoms with van der Waals surface area (Å²) in [5, 5.41) is 3.61. The zero-order valence-corrected chi connectivity index (χ0v) is 16.1. The first-order valence-corrected chi connectivity index (χ1v) is 8.94. The number of ether oxygens (including phenoxy) is 2. The molecule has 28 heavy (non-hydrogen) atoms. The van der Waals surface area contributed by atoms with Crippen molar-refractivity contribution in [2.45, 2.75) is 19.9 Å². The highest BCUT2D eigenvalue weighted by atomic mass is 16.5.